The Hall–Kier alpha value is -1.97. The Labute approximate surface area is 132 Å². The molecule has 0 radical (unpaired) electrons. The molecule has 1 amide bonds. The summed E-state index contributed by atoms with van der Waals surface area (Å²) < 4.78 is 10.8. The van der Waals surface area contributed by atoms with Gasteiger partial charge in [-0.25, -0.2) is 0 Å². The number of methoxy groups -OCH3 is 1. The molecule has 0 aromatic heterocycles. The van der Waals surface area contributed by atoms with E-state index < -0.39 is 0 Å². The largest absolute Gasteiger partial charge is 0.493 e. The van der Waals surface area contributed by atoms with Crippen LogP contribution in [-0.2, 0) is 4.79 Å². The molecule has 1 fully saturated rings. The van der Waals surface area contributed by atoms with Crippen molar-refractivity contribution < 1.29 is 14.3 Å². The molecule has 1 saturated heterocycles. The van der Waals surface area contributed by atoms with Crippen molar-refractivity contribution in [1.82, 2.24) is 4.90 Å². The molecule has 1 atom stereocenters. The maximum Gasteiger partial charge on any atom is 0.246 e. The van der Waals surface area contributed by atoms with Crippen LogP contribution in [0.5, 0.6) is 11.5 Å². The van der Waals surface area contributed by atoms with Crippen LogP contribution in [0.15, 0.2) is 24.3 Å². The number of likely N-dealkylation sites (tertiary alicyclic amines) is 1. The van der Waals surface area contributed by atoms with Gasteiger partial charge in [0.15, 0.2) is 11.5 Å². The Bertz CT molecular complexity index is 539. The van der Waals surface area contributed by atoms with Crippen LogP contribution < -0.4 is 9.47 Å². The van der Waals surface area contributed by atoms with E-state index >= 15 is 0 Å². The van der Waals surface area contributed by atoms with E-state index in [4.69, 9.17) is 9.47 Å². The first-order chi connectivity index (χ1) is 10.6. The SMILES string of the molecule is CCOc1ccc(/C=C/C(=O)N2CCCC(C)C2)cc1OC. The van der Waals surface area contributed by atoms with Gasteiger partial charge in [-0.15, -0.1) is 0 Å². The Balaban J connectivity index is 2.04. The summed E-state index contributed by atoms with van der Waals surface area (Å²) >= 11 is 0. The van der Waals surface area contributed by atoms with Gasteiger partial charge in [-0.05, 0) is 49.5 Å². The zero-order chi connectivity index (χ0) is 15.9. The van der Waals surface area contributed by atoms with Gasteiger partial charge in [0.1, 0.15) is 0 Å². The fourth-order valence-electron chi connectivity index (χ4n) is 2.73. The fourth-order valence-corrected chi connectivity index (χ4v) is 2.73. The first-order valence-electron chi connectivity index (χ1n) is 7.92. The molecular weight excluding hydrogens is 278 g/mol. The second-order valence-corrected chi connectivity index (χ2v) is 5.71. The highest BCUT2D eigenvalue weighted by molar-refractivity contribution is 5.91. The normalized spacial score (nSPS) is 18.5. The number of ether oxygens (including phenoxy) is 2. The van der Waals surface area contributed by atoms with Crippen LogP contribution in [0, 0.1) is 5.92 Å². The summed E-state index contributed by atoms with van der Waals surface area (Å²) in [5.41, 5.74) is 0.929. The van der Waals surface area contributed by atoms with Crippen molar-refractivity contribution in [3.05, 3.63) is 29.8 Å². The van der Waals surface area contributed by atoms with Gasteiger partial charge in [-0.2, -0.15) is 0 Å². The van der Waals surface area contributed by atoms with Crippen molar-refractivity contribution in [3.63, 3.8) is 0 Å². The first kappa shape index (κ1) is 16.4. The van der Waals surface area contributed by atoms with Gasteiger partial charge in [0, 0.05) is 19.2 Å². The van der Waals surface area contributed by atoms with Crippen LogP contribution >= 0.6 is 0 Å². The standard InChI is InChI=1S/C18H25NO3/c1-4-22-16-9-7-15(12-17(16)21-3)8-10-18(20)19-11-5-6-14(2)13-19/h7-10,12,14H,4-6,11,13H2,1-3H3/b10-8+. The van der Waals surface area contributed by atoms with Crippen LogP contribution in [-0.4, -0.2) is 37.6 Å². The average molecular weight is 303 g/mol. The van der Waals surface area contributed by atoms with Gasteiger partial charge in [-0.3, -0.25) is 4.79 Å². The lowest BCUT2D eigenvalue weighted by molar-refractivity contribution is -0.127. The maximum absolute atomic E-state index is 12.2. The Morgan fingerprint density at radius 2 is 2.23 bits per heavy atom. The van der Waals surface area contributed by atoms with Crippen molar-refractivity contribution in [1.29, 1.82) is 0 Å². The van der Waals surface area contributed by atoms with E-state index in [1.165, 1.54) is 6.42 Å². The summed E-state index contributed by atoms with van der Waals surface area (Å²) in [6.45, 7) is 6.44. The number of carbonyl (C=O) groups excluding carboxylic acids is 1. The highest BCUT2D eigenvalue weighted by Crippen LogP contribution is 2.28. The lowest BCUT2D eigenvalue weighted by Crippen LogP contribution is -2.38. The predicted molar refractivity (Wildman–Crippen MR) is 88.2 cm³/mol. The van der Waals surface area contributed by atoms with Crippen molar-refractivity contribution in [3.8, 4) is 11.5 Å². The van der Waals surface area contributed by atoms with Gasteiger partial charge in [0.05, 0.1) is 13.7 Å². The number of nitrogens with zero attached hydrogens (tertiary/aromatic N) is 1. The van der Waals surface area contributed by atoms with Crippen molar-refractivity contribution in [2.45, 2.75) is 26.7 Å². The molecule has 0 aliphatic carbocycles. The van der Waals surface area contributed by atoms with Crippen molar-refractivity contribution >= 4 is 12.0 Å². The van der Waals surface area contributed by atoms with Crippen molar-refractivity contribution in [2.24, 2.45) is 5.92 Å². The number of hydrogen-bond donors (Lipinski definition) is 0. The molecule has 1 aromatic carbocycles. The molecule has 4 nitrogen and oxygen atoms in total. The van der Waals surface area contributed by atoms with Crippen LogP contribution in [0.1, 0.15) is 32.3 Å². The van der Waals surface area contributed by atoms with Crippen LogP contribution in [0.25, 0.3) is 6.08 Å². The summed E-state index contributed by atoms with van der Waals surface area (Å²) in [5, 5.41) is 0. The number of rotatable bonds is 5. The molecule has 2 rings (SSSR count). The summed E-state index contributed by atoms with van der Waals surface area (Å²) in [5.74, 6) is 2.08. The first-order valence-corrected chi connectivity index (χ1v) is 7.92. The molecular formula is C18H25NO3. The third-order valence-corrected chi connectivity index (χ3v) is 3.87. The summed E-state index contributed by atoms with van der Waals surface area (Å²) in [7, 11) is 1.62. The van der Waals surface area contributed by atoms with Crippen molar-refractivity contribution in [2.75, 3.05) is 26.8 Å². The molecule has 0 bridgehead atoms. The fraction of sp³-hybridized carbons (Fsp3) is 0.500. The Morgan fingerprint density at radius 1 is 1.41 bits per heavy atom. The van der Waals surface area contributed by atoms with Gasteiger partial charge in [0.2, 0.25) is 5.91 Å². The second kappa shape index (κ2) is 7.87. The zero-order valence-corrected chi connectivity index (χ0v) is 13.7. The molecule has 1 aromatic rings. The Kier molecular flexibility index (Phi) is 5.87. The van der Waals surface area contributed by atoms with E-state index in [-0.39, 0.29) is 5.91 Å². The smallest absolute Gasteiger partial charge is 0.246 e. The van der Waals surface area contributed by atoms with E-state index in [0.29, 0.717) is 18.3 Å². The topological polar surface area (TPSA) is 38.8 Å². The molecule has 1 aliphatic rings. The minimum Gasteiger partial charge on any atom is -0.493 e. The third kappa shape index (κ3) is 4.26. The summed E-state index contributed by atoms with van der Waals surface area (Å²) in [4.78, 5) is 14.2. The maximum atomic E-state index is 12.2. The second-order valence-electron chi connectivity index (χ2n) is 5.71. The number of piperidine rings is 1. The van der Waals surface area contributed by atoms with Crippen LogP contribution in [0.2, 0.25) is 0 Å². The van der Waals surface area contributed by atoms with E-state index in [1.807, 2.05) is 36.1 Å². The lowest BCUT2D eigenvalue weighted by atomic mass is 10.0. The minimum absolute atomic E-state index is 0.0828. The molecule has 0 N–H and O–H groups in total. The number of carbonyl (C=O) groups is 1. The van der Waals surface area contributed by atoms with Gasteiger partial charge in [-0.1, -0.05) is 13.0 Å². The van der Waals surface area contributed by atoms with E-state index in [9.17, 15) is 4.79 Å². The summed E-state index contributed by atoms with van der Waals surface area (Å²) in [6.07, 6.45) is 5.79. The molecule has 0 spiro atoms. The number of hydrogen-bond acceptors (Lipinski definition) is 3. The molecule has 22 heavy (non-hydrogen) atoms. The molecule has 1 heterocycles. The van der Waals surface area contributed by atoms with Gasteiger partial charge < -0.3 is 14.4 Å². The van der Waals surface area contributed by atoms with Crippen LogP contribution in [0.3, 0.4) is 0 Å². The highest BCUT2D eigenvalue weighted by atomic mass is 16.5. The molecule has 120 valence electrons. The molecule has 4 heteroatoms. The molecule has 1 unspecified atom stereocenters. The lowest BCUT2D eigenvalue weighted by Gasteiger charge is -2.30. The number of amides is 1. The van der Waals surface area contributed by atoms with E-state index in [2.05, 4.69) is 6.92 Å². The van der Waals surface area contributed by atoms with Gasteiger partial charge >= 0.3 is 0 Å². The zero-order valence-electron chi connectivity index (χ0n) is 13.7. The van der Waals surface area contributed by atoms with E-state index in [0.717, 1.165) is 30.8 Å². The van der Waals surface area contributed by atoms with Gasteiger partial charge in [0.25, 0.3) is 0 Å². The molecule has 0 saturated carbocycles. The monoisotopic (exact) mass is 303 g/mol. The summed E-state index contributed by atoms with van der Waals surface area (Å²) in [6, 6.07) is 5.68. The Morgan fingerprint density at radius 3 is 2.91 bits per heavy atom. The quantitative estimate of drug-likeness (QED) is 0.783. The molecule has 1 aliphatic heterocycles. The average Bonchev–Trinajstić information content (AvgIpc) is 2.53. The minimum atomic E-state index is 0.0828. The van der Waals surface area contributed by atoms with E-state index in [1.54, 1.807) is 13.2 Å². The predicted octanol–water partition coefficient (Wildman–Crippen LogP) is 3.37. The third-order valence-electron chi connectivity index (χ3n) is 3.87. The number of benzene rings is 1. The highest BCUT2D eigenvalue weighted by Gasteiger charge is 2.18. The van der Waals surface area contributed by atoms with Crippen LogP contribution in [0.4, 0.5) is 0 Å².